The van der Waals surface area contributed by atoms with E-state index >= 15 is 0 Å². The molecule has 10 heteroatoms. The predicted octanol–water partition coefficient (Wildman–Crippen LogP) is 2.72. The maximum Gasteiger partial charge on any atom is 0.181 e. The Bertz CT molecular complexity index is 1450. The summed E-state index contributed by atoms with van der Waals surface area (Å²) >= 11 is 0. The second kappa shape index (κ2) is 7.82. The first-order valence-electron chi connectivity index (χ1n) is 10.8. The van der Waals surface area contributed by atoms with Crippen molar-refractivity contribution in [2.24, 2.45) is 0 Å². The third-order valence-corrected chi connectivity index (χ3v) is 6.14. The molecule has 1 saturated heterocycles. The quantitative estimate of drug-likeness (QED) is 0.438. The van der Waals surface area contributed by atoms with Gasteiger partial charge in [0.2, 0.25) is 0 Å². The van der Waals surface area contributed by atoms with Crippen LogP contribution in [0.2, 0.25) is 0 Å². The number of ether oxygens (including phenoxy) is 1. The van der Waals surface area contributed by atoms with Crippen LogP contribution >= 0.6 is 0 Å². The molecule has 33 heavy (non-hydrogen) atoms. The van der Waals surface area contributed by atoms with Gasteiger partial charge in [-0.05, 0) is 25.2 Å². The molecule has 0 aliphatic carbocycles. The maximum absolute atomic E-state index is 5.31. The van der Waals surface area contributed by atoms with Crippen molar-refractivity contribution in [3.8, 4) is 28.4 Å². The Morgan fingerprint density at radius 1 is 0.970 bits per heavy atom. The highest BCUT2D eigenvalue weighted by molar-refractivity contribution is 5.95. The first-order valence-corrected chi connectivity index (χ1v) is 10.8. The number of nitrogens with one attached hydrogen (secondary N) is 2. The number of methoxy groups -OCH3 is 1. The van der Waals surface area contributed by atoms with E-state index in [1.54, 1.807) is 25.7 Å². The minimum absolute atomic E-state index is 0.623. The number of pyridine rings is 3. The van der Waals surface area contributed by atoms with Gasteiger partial charge in [0.25, 0.3) is 0 Å². The van der Waals surface area contributed by atoms with Gasteiger partial charge in [-0.15, -0.1) is 0 Å². The molecule has 0 atom stereocenters. The van der Waals surface area contributed by atoms with E-state index in [1.165, 1.54) is 0 Å². The van der Waals surface area contributed by atoms with Crippen molar-refractivity contribution in [2.45, 2.75) is 0 Å². The van der Waals surface area contributed by atoms with Crippen molar-refractivity contribution in [3.05, 3.63) is 43.0 Å². The molecule has 10 nitrogen and oxygen atoms in total. The van der Waals surface area contributed by atoms with Crippen LogP contribution < -0.4 is 9.64 Å². The molecule has 0 amide bonds. The van der Waals surface area contributed by atoms with Crippen LogP contribution in [0.4, 0.5) is 5.69 Å². The fourth-order valence-electron chi connectivity index (χ4n) is 4.25. The van der Waals surface area contributed by atoms with E-state index in [2.05, 4.69) is 53.0 Å². The lowest BCUT2D eigenvalue weighted by molar-refractivity contribution is 0.313. The number of likely N-dealkylation sites (N-methyl/N-ethyl adjacent to an activating group) is 1. The average molecular weight is 441 g/mol. The average Bonchev–Trinajstić information content (AvgIpc) is 3.48. The molecule has 1 aliphatic heterocycles. The van der Waals surface area contributed by atoms with Gasteiger partial charge in [0.1, 0.15) is 17.0 Å². The molecule has 0 saturated carbocycles. The third-order valence-electron chi connectivity index (χ3n) is 6.14. The minimum Gasteiger partial charge on any atom is -0.495 e. The predicted molar refractivity (Wildman–Crippen MR) is 126 cm³/mol. The van der Waals surface area contributed by atoms with Gasteiger partial charge < -0.3 is 19.5 Å². The zero-order valence-corrected chi connectivity index (χ0v) is 18.4. The minimum atomic E-state index is 0.623. The zero-order valence-electron chi connectivity index (χ0n) is 18.4. The Morgan fingerprint density at radius 3 is 2.67 bits per heavy atom. The van der Waals surface area contributed by atoms with Gasteiger partial charge in [0, 0.05) is 55.9 Å². The molecule has 5 aromatic rings. The van der Waals surface area contributed by atoms with E-state index in [0.29, 0.717) is 22.9 Å². The summed E-state index contributed by atoms with van der Waals surface area (Å²) < 4.78 is 5.31. The molecule has 0 bridgehead atoms. The van der Waals surface area contributed by atoms with Gasteiger partial charge in [-0.3, -0.25) is 10.1 Å². The summed E-state index contributed by atoms with van der Waals surface area (Å²) in [6, 6.07) is 6.03. The van der Waals surface area contributed by atoms with Gasteiger partial charge in [-0.25, -0.2) is 15.0 Å². The molecular formula is C23H23N9O. The van der Waals surface area contributed by atoms with Crippen molar-refractivity contribution in [3.63, 3.8) is 0 Å². The van der Waals surface area contributed by atoms with Crippen LogP contribution in [0.25, 0.3) is 44.8 Å². The first kappa shape index (κ1) is 19.6. The lowest BCUT2D eigenvalue weighted by Crippen LogP contribution is -2.44. The van der Waals surface area contributed by atoms with Crippen LogP contribution in [0, 0.1) is 0 Å². The van der Waals surface area contributed by atoms with Gasteiger partial charge in [0.05, 0.1) is 24.4 Å². The summed E-state index contributed by atoms with van der Waals surface area (Å²) in [7, 11) is 3.78. The van der Waals surface area contributed by atoms with Crippen molar-refractivity contribution in [1.82, 2.24) is 40.0 Å². The number of imidazole rings is 1. The fraction of sp³-hybridized carbons (Fsp3) is 0.261. The molecule has 2 N–H and O–H groups in total. The number of hydrogen-bond donors (Lipinski definition) is 2. The SMILES string of the molecule is COc1cncc(-c2cnc3n[nH]c(-c4nc5nccc(N6CCN(C)CC6)c5[nH]4)c3c2)c1. The van der Waals surface area contributed by atoms with Crippen molar-refractivity contribution in [2.75, 3.05) is 45.2 Å². The second-order valence-corrected chi connectivity index (χ2v) is 8.21. The maximum atomic E-state index is 5.31. The summed E-state index contributed by atoms with van der Waals surface area (Å²) in [5.41, 5.74) is 5.97. The number of fused-ring (bicyclic) bond motifs is 2. The van der Waals surface area contributed by atoms with E-state index < -0.39 is 0 Å². The van der Waals surface area contributed by atoms with E-state index in [1.807, 2.05) is 18.3 Å². The van der Waals surface area contributed by atoms with Crippen LogP contribution in [0.1, 0.15) is 0 Å². The summed E-state index contributed by atoms with van der Waals surface area (Å²) in [6.07, 6.45) is 7.08. The molecule has 6 rings (SSSR count). The molecular weight excluding hydrogens is 418 g/mol. The second-order valence-electron chi connectivity index (χ2n) is 8.21. The van der Waals surface area contributed by atoms with Crippen LogP contribution in [-0.4, -0.2) is 80.4 Å². The highest BCUT2D eigenvalue weighted by Gasteiger charge is 2.20. The van der Waals surface area contributed by atoms with E-state index in [-0.39, 0.29) is 0 Å². The normalized spacial score (nSPS) is 14.9. The lowest BCUT2D eigenvalue weighted by Gasteiger charge is -2.34. The molecule has 1 aliphatic rings. The number of aromatic amines is 2. The van der Waals surface area contributed by atoms with Gasteiger partial charge in [-0.2, -0.15) is 5.10 Å². The highest BCUT2D eigenvalue weighted by Crippen LogP contribution is 2.32. The number of piperazine rings is 1. The number of nitrogens with zero attached hydrogens (tertiary/aromatic N) is 7. The van der Waals surface area contributed by atoms with Gasteiger partial charge >= 0.3 is 0 Å². The summed E-state index contributed by atoms with van der Waals surface area (Å²) in [5.74, 6) is 1.38. The largest absolute Gasteiger partial charge is 0.495 e. The molecule has 6 heterocycles. The molecule has 0 radical (unpaired) electrons. The third kappa shape index (κ3) is 3.44. The Kier molecular flexibility index (Phi) is 4.65. The highest BCUT2D eigenvalue weighted by atomic mass is 16.5. The van der Waals surface area contributed by atoms with Crippen LogP contribution in [0.3, 0.4) is 0 Å². The summed E-state index contributed by atoms with van der Waals surface area (Å²) in [5, 5.41) is 8.35. The number of rotatable bonds is 4. The van der Waals surface area contributed by atoms with E-state index in [0.717, 1.165) is 59.6 Å². The number of hydrogen-bond acceptors (Lipinski definition) is 8. The molecule has 1 fully saturated rings. The molecule has 5 aromatic heterocycles. The van der Waals surface area contributed by atoms with Crippen molar-refractivity contribution < 1.29 is 4.74 Å². The lowest BCUT2D eigenvalue weighted by atomic mass is 10.1. The van der Waals surface area contributed by atoms with Gasteiger partial charge in [0.15, 0.2) is 17.1 Å². The topological polar surface area (TPSA) is 112 Å². The Morgan fingerprint density at radius 2 is 1.82 bits per heavy atom. The number of H-pyrrole nitrogens is 2. The Balaban J connectivity index is 1.43. The van der Waals surface area contributed by atoms with Crippen molar-refractivity contribution >= 4 is 27.9 Å². The molecule has 0 unspecified atom stereocenters. The smallest absolute Gasteiger partial charge is 0.181 e. The summed E-state index contributed by atoms with van der Waals surface area (Å²) in [4.78, 5) is 26.3. The summed E-state index contributed by atoms with van der Waals surface area (Å²) in [6.45, 7) is 4.00. The Hall–Kier alpha value is -4.05. The molecule has 0 spiro atoms. The standard InChI is InChI=1S/C23H23N9O/c1-31-5-7-32(8-6-31)18-3-4-25-22-20(18)27-23(28-22)19-17-10-15(12-26-21(17)30-29-19)14-9-16(33-2)13-24-11-14/h3-4,9-13H,5-8H2,1-2H3,(H,25,27,28)(H,26,29,30). The monoisotopic (exact) mass is 441 g/mol. The first-order chi connectivity index (χ1) is 16.2. The van der Waals surface area contributed by atoms with E-state index in [9.17, 15) is 0 Å². The van der Waals surface area contributed by atoms with Gasteiger partial charge in [-0.1, -0.05) is 0 Å². The molecule has 0 aromatic carbocycles. The zero-order chi connectivity index (χ0) is 22.4. The Labute approximate surface area is 189 Å². The number of aromatic nitrogens is 7. The van der Waals surface area contributed by atoms with Crippen LogP contribution in [0.5, 0.6) is 5.75 Å². The van der Waals surface area contributed by atoms with Crippen LogP contribution in [-0.2, 0) is 0 Å². The van der Waals surface area contributed by atoms with Crippen LogP contribution in [0.15, 0.2) is 43.0 Å². The van der Waals surface area contributed by atoms with Crippen molar-refractivity contribution in [1.29, 1.82) is 0 Å². The van der Waals surface area contributed by atoms with E-state index in [4.69, 9.17) is 9.72 Å². The molecule has 166 valence electrons. The fourth-order valence-corrected chi connectivity index (χ4v) is 4.25. The number of anilines is 1.